The molecule has 14 heteroatoms. The van der Waals surface area contributed by atoms with Crippen LogP contribution in [0.1, 0.15) is 60.2 Å². The lowest BCUT2D eigenvalue weighted by atomic mass is 10.0. The molecule has 4 aromatic carbocycles. The maximum Gasteiger partial charge on any atom is 0.408 e. The van der Waals surface area contributed by atoms with Gasteiger partial charge >= 0.3 is 6.09 Å². The summed E-state index contributed by atoms with van der Waals surface area (Å²) in [6.45, 7) is 7.95. The Morgan fingerprint density at radius 3 is 2.16 bits per heavy atom. The maximum absolute atomic E-state index is 14.2. The number of alkyl carbamates (subject to hydrolysis) is 1. The van der Waals surface area contributed by atoms with E-state index >= 15 is 0 Å². The van der Waals surface area contributed by atoms with E-state index in [0.29, 0.717) is 55.4 Å². The van der Waals surface area contributed by atoms with Crippen LogP contribution >= 0.6 is 0 Å². The van der Waals surface area contributed by atoms with Crippen molar-refractivity contribution in [1.82, 2.24) is 25.1 Å². The van der Waals surface area contributed by atoms with Crippen molar-refractivity contribution in [1.29, 1.82) is 0 Å². The number of carbonyl (C=O) groups is 3. The van der Waals surface area contributed by atoms with Gasteiger partial charge in [0.15, 0.2) is 9.84 Å². The van der Waals surface area contributed by atoms with E-state index in [-0.39, 0.29) is 29.9 Å². The quantitative estimate of drug-likeness (QED) is 0.145. The Morgan fingerprint density at radius 1 is 0.862 bits per heavy atom. The van der Waals surface area contributed by atoms with E-state index in [2.05, 4.69) is 25.5 Å². The predicted molar refractivity (Wildman–Crippen MR) is 222 cm³/mol. The fourth-order valence-corrected chi connectivity index (χ4v) is 8.27. The number of aromatic nitrogens is 2. The first-order chi connectivity index (χ1) is 27.8. The van der Waals surface area contributed by atoms with Crippen molar-refractivity contribution in [3.8, 4) is 22.4 Å². The van der Waals surface area contributed by atoms with E-state index in [9.17, 15) is 22.8 Å². The van der Waals surface area contributed by atoms with E-state index in [4.69, 9.17) is 9.47 Å². The largest absolute Gasteiger partial charge is 0.444 e. The zero-order valence-electron chi connectivity index (χ0n) is 32.8. The van der Waals surface area contributed by atoms with Crippen LogP contribution in [0.15, 0.2) is 109 Å². The molecule has 2 atom stereocenters. The molecule has 2 aliphatic heterocycles. The van der Waals surface area contributed by atoms with Crippen molar-refractivity contribution in [2.75, 3.05) is 49.7 Å². The number of sulfone groups is 1. The fourth-order valence-electron chi connectivity index (χ4n) is 6.99. The van der Waals surface area contributed by atoms with Crippen LogP contribution in [0.25, 0.3) is 22.4 Å². The standard InChI is InChI=1S/C44H48N6O7S/c1-44(2,3)57-43(53)48-39(34-7-5-4-6-8-34)42(52)50-21-24-56-29-38(50)40-45-27-37(47-40)33-15-11-31(12-16-33)32-13-17-35(18-14-32)41(51)46-36-19-9-30(10-20-36)28-49-22-25-58(54,55)26-23-49/h4-20,27,38-39H,21-26,28-29H2,1-3H3,(H,45,47)(H,46,51)(H,48,53)/t38-,39-/m0/s1. The highest BCUT2D eigenvalue weighted by atomic mass is 32.2. The van der Waals surface area contributed by atoms with Crippen molar-refractivity contribution < 1.29 is 32.3 Å². The van der Waals surface area contributed by atoms with Gasteiger partial charge in [-0.2, -0.15) is 0 Å². The van der Waals surface area contributed by atoms with E-state index in [1.807, 2.05) is 78.9 Å². The van der Waals surface area contributed by atoms with E-state index in [0.717, 1.165) is 27.9 Å². The van der Waals surface area contributed by atoms with Crippen LogP contribution in [-0.2, 0) is 30.7 Å². The number of imidazole rings is 1. The third kappa shape index (κ3) is 10.2. The number of rotatable bonds is 10. The zero-order valence-corrected chi connectivity index (χ0v) is 33.6. The molecule has 0 bridgehead atoms. The Kier molecular flexibility index (Phi) is 12.1. The smallest absolute Gasteiger partial charge is 0.408 e. The van der Waals surface area contributed by atoms with Crippen LogP contribution < -0.4 is 10.6 Å². The van der Waals surface area contributed by atoms with Crippen molar-refractivity contribution in [3.05, 3.63) is 132 Å². The summed E-state index contributed by atoms with van der Waals surface area (Å²) in [5.41, 5.74) is 5.76. The molecule has 3 N–H and O–H groups in total. The lowest BCUT2D eigenvalue weighted by Crippen LogP contribution is -2.49. The SMILES string of the molecule is CC(C)(C)OC(=O)N[C@H](C(=O)N1CCOC[C@H]1c1ncc(-c2ccc(-c3ccc(C(=O)Nc4ccc(CN5CCS(=O)(=O)CC5)cc4)cc3)cc2)[nH]1)c1ccccc1. The van der Waals surface area contributed by atoms with Gasteiger partial charge in [-0.25, -0.2) is 18.2 Å². The summed E-state index contributed by atoms with van der Waals surface area (Å²) in [4.78, 5) is 51.9. The third-order valence-corrected chi connectivity index (χ3v) is 11.7. The normalized spacial score (nSPS) is 17.6. The van der Waals surface area contributed by atoms with Crippen LogP contribution in [0.2, 0.25) is 0 Å². The summed E-state index contributed by atoms with van der Waals surface area (Å²) in [6.07, 6.45) is 1.05. The minimum absolute atomic E-state index is 0.190. The molecule has 13 nitrogen and oxygen atoms in total. The third-order valence-electron chi connectivity index (χ3n) is 10.1. The molecule has 2 saturated heterocycles. The van der Waals surface area contributed by atoms with Crippen molar-refractivity contribution >= 4 is 33.4 Å². The molecule has 5 aromatic rings. The average Bonchev–Trinajstić information content (AvgIpc) is 3.71. The summed E-state index contributed by atoms with van der Waals surface area (Å²) >= 11 is 0. The Balaban J connectivity index is 0.976. The van der Waals surface area contributed by atoms with E-state index < -0.39 is 33.6 Å². The molecule has 2 fully saturated rings. The summed E-state index contributed by atoms with van der Waals surface area (Å²) in [5.74, 6) is 0.436. The number of nitrogens with one attached hydrogen (secondary N) is 3. The van der Waals surface area contributed by atoms with Gasteiger partial charge in [0.1, 0.15) is 23.5 Å². The molecule has 3 amide bonds. The highest BCUT2D eigenvalue weighted by Crippen LogP contribution is 2.30. The van der Waals surface area contributed by atoms with Gasteiger partial charge in [0.05, 0.1) is 36.6 Å². The van der Waals surface area contributed by atoms with E-state index in [1.165, 1.54) is 0 Å². The number of hydrogen-bond donors (Lipinski definition) is 3. The molecular weight excluding hydrogens is 757 g/mol. The Morgan fingerprint density at radius 2 is 1.50 bits per heavy atom. The van der Waals surface area contributed by atoms with Crippen LogP contribution in [0.5, 0.6) is 0 Å². The number of amides is 3. The van der Waals surface area contributed by atoms with Crippen LogP contribution in [0.3, 0.4) is 0 Å². The molecule has 302 valence electrons. The van der Waals surface area contributed by atoms with Gasteiger partial charge in [0, 0.05) is 37.4 Å². The topological polar surface area (TPSA) is 163 Å². The van der Waals surface area contributed by atoms with Crippen molar-refractivity contribution in [3.63, 3.8) is 0 Å². The number of carbonyl (C=O) groups excluding carboxylic acids is 3. The second kappa shape index (κ2) is 17.3. The number of ether oxygens (including phenoxy) is 2. The molecule has 0 saturated carbocycles. The van der Waals surface area contributed by atoms with Crippen molar-refractivity contribution in [2.45, 2.75) is 45.0 Å². The minimum atomic E-state index is -2.92. The Bertz CT molecular complexity index is 2310. The molecule has 2 aliphatic rings. The first-order valence-corrected chi connectivity index (χ1v) is 21.1. The highest BCUT2D eigenvalue weighted by molar-refractivity contribution is 7.91. The van der Waals surface area contributed by atoms with E-state index in [1.54, 1.807) is 56.1 Å². The fraction of sp³-hybridized carbons (Fsp3) is 0.318. The number of benzene rings is 4. The second-order valence-electron chi connectivity index (χ2n) is 15.5. The molecule has 58 heavy (non-hydrogen) atoms. The Hall–Kier alpha value is -5.83. The van der Waals surface area contributed by atoms with Gasteiger partial charge in [0.25, 0.3) is 11.8 Å². The molecular formula is C44H48N6O7S. The summed E-state index contributed by atoms with van der Waals surface area (Å²) < 4.78 is 34.7. The first kappa shape index (κ1) is 40.4. The Labute approximate surface area is 338 Å². The van der Waals surface area contributed by atoms with Crippen LogP contribution in [0.4, 0.5) is 10.5 Å². The molecule has 3 heterocycles. The number of aromatic amines is 1. The molecule has 0 unspecified atom stereocenters. The lowest BCUT2D eigenvalue weighted by Gasteiger charge is -2.37. The van der Waals surface area contributed by atoms with Gasteiger partial charge in [-0.3, -0.25) is 14.5 Å². The van der Waals surface area contributed by atoms with Gasteiger partial charge in [0.2, 0.25) is 0 Å². The van der Waals surface area contributed by atoms with Crippen LogP contribution in [0, 0.1) is 0 Å². The highest BCUT2D eigenvalue weighted by Gasteiger charge is 2.37. The van der Waals surface area contributed by atoms with Gasteiger partial charge < -0.3 is 30.0 Å². The monoisotopic (exact) mass is 804 g/mol. The summed E-state index contributed by atoms with van der Waals surface area (Å²) in [5, 5.41) is 5.74. The van der Waals surface area contributed by atoms with Gasteiger partial charge in [-0.15, -0.1) is 0 Å². The summed E-state index contributed by atoms with van der Waals surface area (Å²) in [6, 6.07) is 30.6. The van der Waals surface area contributed by atoms with Gasteiger partial charge in [-0.05, 0) is 72.9 Å². The molecule has 0 spiro atoms. The zero-order chi connectivity index (χ0) is 40.9. The molecule has 0 radical (unpaired) electrons. The lowest BCUT2D eigenvalue weighted by molar-refractivity contribution is -0.143. The predicted octanol–water partition coefficient (Wildman–Crippen LogP) is 6.39. The number of H-pyrrole nitrogens is 1. The summed E-state index contributed by atoms with van der Waals surface area (Å²) in [7, 11) is -2.92. The first-order valence-electron chi connectivity index (χ1n) is 19.3. The van der Waals surface area contributed by atoms with Crippen molar-refractivity contribution in [2.24, 2.45) is 0 Å². The molecule has 0 aliphatic carbocycles. The number of nitrogens with zero attached hydrogens (tertiary/aromatic N) is 3. The number of morpholine rings is 1. The number of hydrogen-bond acceptors (Lipinski definition) is 9. The molecule has 1 aromatic heterocycles. The minimum Gasteiger partial charge on any atom is -0.444 e. The average molecular weight is 805 g/mol. The number of anilines is 1. The molecule has 7 rings (SSSR count). The maximum atomic E-state index is 14.2. The second-order valence-corrected chi connectivity index (χ2v) is 17.8. The van der Waals surface area contributed by atoms with Crippen LogP contribution in [-0.4, -0.2) is 96.0 Å². The van der Waals surface area contributed by atoms with Gasteiger partial charge in [-0.1, -0.05) is 78.9 Å².